The number of allylic oxidation sites excluding steroid dienone is 2. The van der Waals surface area contributed by atoms with Crippen LogP contribution in [-0.2, 0) is 22.5 Å². The molecule has 4 heteroatoms. The number of nitrogens with zero attached hydrogens (tertiary/aromatic N) is 1. The van der Waals surface area contributed by atoms with Crippen molar-refractivity contribution >= 4 is 11.5 Å². The lowest BCUT2D eigenvalue weighted by Crippen LogP contribution is -2.24. The Morgan fingerprint density at radius 1 is 1.24 bits per heavy atom. The highest BCUT2D eigenvalue weighted by Gasteiger charge is 2.31. The minimum Gasteiger partial charge on any atom is -0.511 e. The Kier molecular flexibility index (Phi) is 5.57. The summed E-state index contributed by atoms with van der Waals surface area (Å²) in [6, 6.07) is 6.55. The van der Waals surface area contributed by atoms with Crippen LogP contribution < -0.4 is 0 Å². The van der Waals surface area contributed by atoms with Crippen molar-refractivity contribution in [1.82, 2.24) is 0 Å². The molecule has 2 aliphatic carbocycles. The number of aryl methyl sites for hydroxylation is 2. The number of fused-ring (bicyclic) bond motifs is 1. The number of aliphatic hydroxyl groups excluding tert-OH is 1. The maximum Gasteiger partial charge on any atom is 0.168 e. The molecule has 0 fully saturated rings. The summed E-state index contributed by atoms with van der Waals surface area (Å²) in [4.78, 5) is 17.9. The largest absolute Gasteiger partial charge is 0.511 e. The van der Waals surface area contributed by atoms with Crippen LogP contribution in [0.5, 0.6) is 0 Å². The summed E-state index contributed by atoms with van der Waals surface area (Å²) in [6.45, 7) is 4.33. The predicted octanol–water partition coefficient (Wildman–Crippen LogP) is 4.63. The molecule has 0 bridgehead atoms. The third-order valence-corrected chi connectivity index (χ3v) is 5.11. The number of carbonyl (C=O) groups is 1. The van der Waals surface area contributed by atoms with Crippen molar-refractivity contribution in [1.29, 1.82) is 0 Å². The van der Waals surface area contributed by atoms with Gasteiger partial charge in [0.1, 0.15) is 12.4 Å². The van der Waals surface area contributed by atoms with Gasteiger partial charge in [-0.1, -0.05) is 36.7 Å². The molecule has 0 amide bonds. The van der Waals surface area contributed by atoms with E-state index in [9.17, 15) is 9.90 Å². The van der Waals surface area contributed by atoms with Crippen LogP contribution in [0.25, 0.3) is 0 Å². The molecular formula is C21H27NO3. The third kappa shape index (κ3) is 3.78. The van der Waals surface area contributed by atoms with Gasteiger partial charge in [-0.3, -0.25) is 4.79 Å². The van der Waals surface area contributed by atoms with E-state index < -0.39 is 0 Å². The first-order valence-electron chi connectivity index (χ1n) is 9.40. The fourth-order valence-corrected chi connectivity index (χ4v) is 3.90. The molecule has 134 valence electrons. The second kappa shape index (κ2) is 7.85. The number of aliphatic hydroxyl groups is 1. The second-order valence-electron chi connectivity index (χ2n) is 6.94. The van der Waals surface area contributed by atoms with Gasteiger partial charge < -0.3 is 9.94 Å². The fourth-order valence-electron chi connectivity index (χ4n) is 3.90. The molecule has 3 rings (SSSR count). The number of ketones is 1. The summed E-state index contributed by atoms with van der Waals surface area (Å²) >= 11 is 0. The fraction of sp³-hybridized carbons (Fsp3) is 0.524. The number of hydrogen-bond donors (Lipinski definition) is 1. The predicted molar refractivity (Wildman–Crippen MR) is 99.1 cm³/mol. The molecule has 0 saturated carbocycles. The lowest BCUT2D eigenvalue weighted by Gasteiger charge is -2.24. The number of oxime groups is 1. The highest BCUT2D eigenvalue weighted by molar-refractivity contribution is 6.23. The van der Waals surface area contributed by atoms with E-state index in [4.69, 9.17) is 4.84 Å². The number of carbonyl (C=O) groups excluding carboxylic acids is 1. The SMILES string of the molecule is CCC/C(=N\OCC)C1=C(O)CC(c2ccc3c(c2)CCC3)CC1=O. The van der Waals surface area contributed by atoms with Gasteiger partial charge in [0.05, 0.1) is 11.3 Å². The Balaban J connectivity index is 1.85. The summed E-state index contributed by atoms with van der Waals surface area (Å²) in [7, 11) is 0. The van der Waals surface area contributed by atoms with Gasteiger partial charge in [-0.15, -0.1) is 0 Å². The molecule has 0 heterocycles. The van der Waals surface area contributed by atoms with E-state index >= 15 is 0 Å². The maximum absolute atomic E-state index is 12.7. The zero-order valence-corrected chi connectivity index (χ0v) is 15.2. The molecule has 4 nitrogen and oxygen atoms in total. The van der Waals surface area contributed by atoms with Crippen LogP contribution in [0.2, 0.25) is 0 Å². The van der Waals surface area contributed by atoms with Gasteiger partial charge in [0.25, 0.3) is 0 Å². The second-order valence-corrected chi connectivity index (χ2v) is 6.94. The van der Waals surface area contributed by atoms with Crippen LogP contribution in [0.1, 0.15) is 68.6 Å². The number of hydrogen-bond acceptors (Lipinski definition) is 4. The molecule has 0 saturated heterocycles. The number of benzene rings is 1. The van der Waals surface area contributed by atoms with Gasteiger partial charge in [-0.2, -0.15) is 0 Å². The lowest BCUT2D eigenvalue weighted by atomic mass is 9.80. The zero-order valence-electron chi connectivity index (χ0n) is 15.2. The van der Waals surface area contributed by atoms with Crippen LogP contribution in [0, 0.1) is 0 Å². The molecule has 0 aromatic heterocycles. The van der Waals surface area contributed by atoms with Crippen LogP contribution >= 0.6 is 0 Å². The molecule has 1 aromatic rings. The first kappa shape index (κ1) is 17.7. The van der Waals surface area contributed by atoms with E-state index in [2.05, 4.69) is 23.4 Å². The molecular weight excluding hydrogens is 314 g/mol. The molecule has 0 spiro atoms. The van der Waals surface area contributed by atoms with Crippen LogP contribution in [0.3, 0.4) is 0 Å². The molecule has 0 radical (unpaired) electrons. The first-order valence-corrected chi connectivity index (χ1v) is 9.40. The molecule has 2 aliphatic rings. The normalized spacial score (nSPS) is 20.8. The van der Waals surface area contributed by atoms with Crippen LogP contribution in [0.15, 0.2) is 34.7 Å². The quantitative estimate of drug-likeness (QED) is 0.606. The minimum absolute atomic E-state index is 0.0267. The average Bonchev–Trinajstić information content (AvgIpc) is 3.06. The van der Waals surface area contributed by atoms with Crippen molar-refractivity contribution in [3.8, 4) is 0 Å². The van der Waals surface area contributed by atoms with Crippen LogP contribution in [-0.4, -0.2) is 23.2 Å². The Morgan fingerprint density at radius 2 is 2.04 bits per heavy atom. The Hall–Kier alpha value is -2.10. The van der Waals surface area contributed by atoms with Crippen molar-refractivity contribution in [2.24, 2.45) is 5.16 Å². The Bertz CT molecular complexity index is 718. The molecule has 0 aliphatic heterocycles. The summed E-state index contributed by atoms with van der Waals surface area (Å²) in [5.74, 6) is 0.187. The lowest BCUT2D eigenvalue weighted by molar-refractivity contribution is -0.116. The van der Waals surface area contributed by atoms with E-state index in [-0.39, 0.29) is 17.5 Å². The van der Waals surface area contributed by atoms with Gasteiger partial charge in [0.2, 0.25) is 0 Å². The van der Waals surface area contributed by atoms with Crippen molar-refractivity contribution in [2.75, 3.05) is 6.61 Å². The van der Waals surface area contributed by atoms with E-state index in [1.54, 1.807) is 0 Å². The smallest absolute Gasteiger partial charge is 0.168 e. The first-order chi connectivity index (χ1) is 12.1. The summed E-state index contributed by atoms with van der Waals surface area (Å²) in [6.07, 6.45) is 5.90. The van der Waals surface area contributed by atoms with Gasteiger partial charge in [-0.05, 0) is 55.2 Å². The topological polar surface area (TPSA) is 58.9 Å². The number of rotatable bonds is 6. The molecule has 1 unspecified atom stereocenters. The zero-order chi connectivity index (χ0) is 17.8. The van der Waals surface area contributed by atoms with Gasteiger partial charge in [-0.25, -0.2) is 0 Å². The number of Topliss-reactive ketones (excluding diaryl/α,β-unsaturated/α-hetero) is 1. The van der Waals surface area contributed by atoms with E-state index in [0.29, 0.717) is 37.2 Å². The maximum atomic E-state index is 12.7. The third-order valence-electron chi connectivity index (χ3n) is 5.11. The van der Waals surface area contributed by atoms with Crippen molar-refractivity contribution in [3.05, 3.63) is 46.2 Å². The molecule has 25 heavy (non-hydrogen) atoms. The summed E-state index contributed by atoms with van der Waals surface area (Å²) < 4.78 is 0. The van der Waals surface area contributed by atoms with Crippen molar-refractivity contribution in [2.45, 2.75) is 64.7 Å². The van der Waals surface area contributed by atoms with Gasteiger partial charge >= 0.3 is 0 Å². The average molecular weight is 341 g/mol. The highest BCUT2D eigenvalue weighted by Crippen LogP contribution is 2.36. The van der Waals surface area contributed by atoms with E-state index in [1.165, 1.54) is 23.1 Å². The highest BCUT2D eigenvalue weighted by atomic mass is 16.6. The minimum atomic E-state index is -0.0267. The van der Waals surface area contributed by atoms with Crippen molar-refractivity contribution < 1.29 is 14.7 Å². The van der Waals surface area contributed by atoms with Gasteiger partial charge in [0.15, 0.2) is 5.78 Å². The van der Waals surface area contributed by atoms with E-state index in [0.717, 1.165) is 19.3 Å². The van der Waals surface area contributed by atoms with Crippen molar-refractivity contribution in [3.63, 3.8) is 0 Å². The van der Waals surface area contributed by atoms with Crippen LogP contribution in [0.4, 0.5) is 0 Å². The summed E-state index contributed by atoms with van der Waals surface area (Å²) in [5.41, 5.74) is 4.97. The Morgan fingerprint density at radius 3 is 2.76 bits per heavy atom. The van der Waals surface area contributed by atoms with Gasteiger partial charge in [0, 0.05) is 12.8 Å². The molecule has 1 atom stereocenters. The monoisotopic (exact) mass is 341 g/mol. The molecule has 1 aromatic carbocycles. The molecule has 1 N–H and O–H groups in total. The van der Waals surface area contributed by atoms with E-state index in [1.807, 2.05) is 13.8 Å². The Labute approximate surface area is 149 Å². The standard InChI is InChI=1S/C21H27NO3/c1-3-6-18(22-25-4-2)21-19(23)12-17(13-20(21)24)16-10-9-14-7-5-8-15(14)11-16/h9-11,17,23H,3-8,12-13H2,1-2H3/b22-18+. The summed E-state index contributed by atoms with van der Waals surface area (Å²) in [5, 5.41) is 14.7.